The van der Waals surface area contributed by atoms with Crippen LogP contribution in [-0.4, -0.2) is 45.2 Å². The van der Waals surface area contributed by atoms with E-state index in [1.54, 1.807) is 7.11 Å². The average molecular weight is 385 g/mol. The summed E-state index contributed by atoms with van der Waals surface area (Å²) in [7, 11) is 1.64. The van der Waals surface area contributed by atoms with Gasteiger partial charge >= 0.3 is 0 Å². The molecule has 0 spiro atoms. The molecule has 1 aromatic carbocycles. The van der Waals surface area contributed by atoms with Crippen molar-refractivity contribution in [2.24, 2.45) is 4.99 Å². The highest BCUT2D eigenvalue weighted by Gasteiger charge is 2.06. The molecular weight excluding hydrogens is 360 g/mol. The lowest BCUT2D eigenvalue weighted by atomic mass is 10.2. The van der Waals surface area contributed by atoms with Gasteiger partial charge in [-0.05, 0) is 31.5 Å². The number of ether oxygens (including phenoxy) is 1. The van der Waals surface area contributed by atoms with Crippen LogP contribution in [0.15, 0.2) is 27.7 Å². The van der Waals surface area contributed by atoms with E-state index < -0.39 is 0 Å². The zero-order valence-electron chi connectivity index (χ0n) is 13.9. The fourth-order valence-corrected chi connectivity index (χ4v) is 2.19. The fraction of sp³-hybridized carbons (Fsp3) is 0.500. The second-order valence-corrected chi connectivity index (χ2v) is 5.85. The van der Waals surface area contributed by atoms with Crippen molar-refractivity contribution in [3.63, 3.8) is 0 Å². The van der Waals surface area contributed by atoms with Gasteiger partial charge in [-0.25, -0.2) is 0 Å². The third-order valence-electron chi connectivity index (χ3n) is 3.03. The van der Waals surface area contributed by atoms with Crippen molar-refractivity contribution in [1.82, 2.24) is 10.6 Å². The summed E-state index contributed by atoms with van der Waals surface area (Å²) in [4.78, 5) is 16.4. The lowest BCUT2D eigenvalue weighted by Crippen LogP contribution is -2.39. The minimum absolute atomic E-state index is 0.0357. The Morgan fingerprint density at radius 2 is 2.13 bits per heavy atom. The maximum absolute atomic E-state index is 12.0. The molecule has 23 heavy (non-hydrogen) atoms. The number of carbonyl (C=O) groups excluding carboxylic acids is 1. The standard InChI is InChI=1S/C16H25BrN4O2/c1-4-18-16(20-9-10-23-3)19-8-7-15(22)21-14-11-13(17)6-5-12(14)2/h5-6,11H,4,7-10H2,1-3H3,(H,21,22)(H2,18,19,20). The Kier molecular flexibility index (Phi) is 9.31. The third kappa shape index (κ3) is 7.99. The number of rotatable bonds is 8. The van der Waals surface area contributed by atoms with Crippen LogP contribution in [0.2, 0.25) is 0 Å². The zero-order valence-corrected chi connectivity index (χ0v) is 15.5. The molecule has 0 radical (unpaired) electrons. The van der Waals surface area contributed by atoms with E-state index >= 15 is 0 Å². The molecule has 7 heteroatoms. The second-order valence-electron chi connectivity index (χ2n) is 4.94. The predicted molar refractivity (Wildman–Crippen MR) is 98.0 cm³/mol. The predicted octanol–water partition coefficient (Wildman–Crippen LogP) is 2.29. The molecule has 0 saturated carbocycles. The molecule has 6 nitrogen and oxygen atoms in total. The van der Waals surface area contributed by atoms with Gasteiger partial charge in [0.2, 0.25) is 5.91 Å². The zero-order chi connectivity index (χ0) is 17.1. The highest BCUT2D eigenvalue weighted by Crippen LogP contribution is 2.20. The highest BCUT2D eigenvalue weighted by atomic mass is 79.9. The van der Waals surface area contributed by atoms with E-state index in [4.69, 9.17) is 4.74 Å². The quantitative estimate of drug-likeness (QED) is 0.365. The van der Waals surface area contributed by atoms with Crippen LogP contribution < -0.4 is 16.0 Å². The summed E-state index contributed by atoms with van der Waals surface area (Å²) >= 11 is 3.41. The van der Waals surface area contributed by atoms with Crippen LogP contribution in [0, 0.1) is 6.92 Å². The number of aliphatic imine (C=N–C) groups is 1. The number of anilines is 1. The maximum Gasteiger partial charge on any atom is 0.226 e. The highest BCUT2D eigenvalue weighted by molar-refractivity contribution is 9.10. The molecule has 0 atom stereocenters. The van der Waals surface area contributed by atoms with Crippen LogP contribution in [0.25, 0.3) is 0 Å². The smallest absolute Gasteiger partial charge is 0.226 e. The van der Waals surface area contributed by atoms with Crippen LogP contribution in [0.3, 0.4) is 0 Å². The Morgan fingerprint density at radius 1 is 1.35 bits per heavy atom. The summed E-state index contributed by atoms with van der Waals surface area (Å²) in [6.45, 7) is 6.39. The molecule has 0 fully saturated rings. The van der Waals surface area contributed by atoms with Gasteiger partial charge in [0.25, 0.3) is 0 Å². The van der Waals surface area contributed by atoms with Crippen molar-refractivity contribution in [3.05, 3.63) is 28.2 Å². The van der Waals surface area contributed by atoms with Crippen LogP contribution >= 0.6 is 15.9 Å². The van der Waals surface area contributed by atoms with E-state index in [1.165, 1.54) is 0 Å². The number of aryl methyl sites for hydroxylation is 1. The van der Waals surface area contributed by atoms with Crippen LogP contribution in [-0.2, 0) is 9.53 Å². The monoisotopic (exact) mass is 384 g/mol. The van der Waals surface area contributed by atoms with Gasteiger partial charge in [-0.15, -0.1) is 0 Å². The van der Waals surface area contributed by atoms with Crippen LogP contribution in [0.1, 0.15) is 18.9 Å². The fourth-order valence-electron chi connectivity index (χ4n) is 1.83. The number of guanidine groups is 1. The number of nitrogens with one attached hydrogen (secondary N) is 3. The number of benzene rings is 1. The van der Waals surface area contributed by atoms with E-state index in [2.05, 4.69) is 36.9 Å². The second kappa shape index (κ2) is 11.0. The molecule has 1 amide bonds. The molecule has 0 aliphatic rings. The number of nitrogens with zero attached hydrogens (tertiary/aromatic N) is 1. The van der Waals surface area contributed by atoms with E-state index in [0.29, 0.717) is 32.1 Å². The van der Waals surface area contributed by atoms with Crippen molar-refractivity contribution in [3.8, 4) is 0 Å². The number of hydrogen-bond acceptors (Lipinski definition) is 3. The van der Waals surface area contributed by atoms with Crippen molar-refractivity contribution >= 4 is 33.5 Å². The molecule has 1 rings (SSSR count). The Balaban J connectivity index is 2.42. The van der Waals surface area contributed by atoms with Gasteiger partial charge in [-0.3, -0.25) is 9.79 Å². The Morgan fingerprint density at radius 3 is 2.83 bits per heavy atom. The SMILES string of the molecule is CCNC(=NCCOC)NCCC(=O)Nc1cc(Br)ccc1C. The number of carbonyl (C=O) groups is 1. The number of hydrogen-bond donors (Lipinski definition) is 3. The molecule has 0 unspecified atom stereocenters. The molecule has 0 aliphatic heterocycles. The van der Waals surface area contributed by atoms with E-state index in [0.717, 1.165) is 22.3 Å². The lowest BCUT2D eigenvalue weighted by molar-refractivity contribution is -0.116. The number of halogens is 1. The first-order chi connectivity index (χ1) is 11.1. The molecule has 128 valence electrons. The van der Waals surface area contributed by atoms with E-state index in [1.807, 2.05) is 32.0 Å². The number of methoxy groups -OCH3 is 1. The molecular formula is C16H25BrN4O2. The summed E-state index contributed by atoms with van der Waals surface area (Å²) in [5.41, 5.74) is 1.86. The Bertz CT molecular complexity index is 535. The first-order valence-corrected chi connectivity index (χ1v) is 8.43. The molecule has 0 aliphatic carbocycles. The molecule has 0 bridgehead atoms. The largest absolute Gasteiger partial charge is 0.383 e. The Hall–Kier alpha value is -1.60. The Labute approximate surface area is 146 Å². The van der Waals surface area contributed by atoms with Gasteiger partial charge in [-0.2, -0.15) is 0 Å². The minimum Gasteiger partial charge on any atom is -0.383 e. The molecule has 0 aromatic heterocycles. The van der Waals surface area contributed by atoms with Crippen LogP contribution in [0.4, 0.5) is 5.69 Å². The average Bonchev–Trinajstić information content (AvgIpc) is 2.51. The lowest BCUT2D eigenvalue weighted by Gasteiger charge is -2.12. The molecule has 0 saturated heterocycles. The number of amides is 1. The van der Waals surface area contributed by atoms with Crippen molar-refractivity contribution in [2.45, 2.75) is 20.3 Å². The molecule has 1 aromatic rings. The first kappa shape index (κ1) is 19.4. The summed E-state index contributed by atoms with van der Waals surface area (Å²) in [5, 5.41) is 9.18. The normalized spacial score (nSPS) is 11.2. The summed E-state index contributed by atoms with van der Waals surface area (Å²) in [5.74, 6) is 0.655. The molecule has 0 heterocycles. The van der Waals surface area contributed by atoms with Crippen molar-refractivity contribution in [2.75, 3.05) is 38.7 Å². The van der Waals surface area contributed by atoms with E-state index in [-0.39, 0.29) is 5.91 Å². The topological polar surface area (TPSA) is 74.8 Å². The van der Waals surface area contributed by atoms with Gasteiger partial charge < -0.3 is 20.7 Å². The summed E-state index contributed by atoms with van der Waals surface area (Å²) < 4.78 is 5.91. The molecule has 3 N–H and O–H groups in total. The first-order valence-electron chi connectivity index (χ1n) is 7.64. The van der Waals surface area contributed by atoms with E-state index in [9.17, 15) is 4.79 Å². The van der Waals surface area contributed by atoms with Gasteiger partial charge in [0, 0.05) is 36.8 Å². The van der Waals surface area contributed by atoms with Gasteiger partial charge in [0.05, 0.1) is 13.2 Å². The van der Waals surface area contributed by atoms with Gasteiger partial charge in [0.15, 0.2) is 5.96 Å². The minimum atomic E-state index is -0.0357. The van der Waals surface area contributed by atoms with Crippen molar-refractivity contribution in [1.29, 1.82) is 0 Å². The maximum atomic E-state index is 12.0. The van der Waals surface area contributed by atoms with Crippen molar-refractivity contribution < 1.29 is 9.53 Å². The van der Waals surface area contributed by atoms with Gasteiger partial charge in [-0.1, -0.05) is 22.0 Å². The summed E-state index contributed by atoms with van der Waals surface area (Å²) in [6.07, 6.45) is 0.362. The van der Waals surface area contributed by atoms with Gasteiger partial charge in [0.1, 0.15) is 0 Å². The summed E-state index contributed by atoms with van der Waals surface area (Å²) in [6, 6.07) is 5.81. The van der Waals surface area contributed by atoms with Crippen LogP contribution in [0.5, 0.6) is 0 Å². The third-order valence-corrected chi connectivity index (χ3v) is 3.52.